The van der Waals surface area contributed by atoms with Gasteiger partial charge in [0.05, 0.1) is 28.1 Å². The number of fused-ring (bicyclic) bond motifs is 1. The highest BCUT2D eigenvalue weighted by atomic mass is 35.5. The molecule has 1 fully saturated rings. The van der Waals surface area contributed by atoms with Crippen LogP contribution in [0.25, 0.3) is 0 Å². The molecule has 0 aliphatic carbocycles. The number of nitrogens with zero attached hydrogens (tertiary/aromatic N) is 3. The van der Waals surface area contributed by atoms with E-state index in [-0.39, 0.29) is 47.7 Å². The molecule has 4 rings (SSSR count). The van der Waals surface area contributed by atoms with Crippen molar-refractivity contribution in [3.05, 3.63) is 57.1 Å². The van der Waals surface area contributed by atoms with E-state index in [9.17, 15) is 23.3 Å². The van der Waals surface area contributed by atoms with Gasteiger partial charge >= 0.3 is 0 Å². The summed E-state index contributed by atoms with van der Waals surface area (Å²) in [5.74, 6) is 0.549. The molecular formula is C20H20ClN3O7S. The smallest absolute Gasteiger partial charge is 0.269 e. The Bertz CT molecular complexity index is 1150. The summed E-state index contributed by atoms with van der Waals surface area (Å²) in [6.45, 7) is 1.52. The highest BCUT2D eigenvalue weighted by molar-refractivity contribution is 7.89. The van der Waals surface area contributed by atoms with E-state index < -0.39 is 14.9 Å². The average Bonchev–Trinajstić information content (AvgIpc) is 3.04. The van der Waals surface area contributed by atoms with E-state index in [0.29, 0.717) is 36.7 Å². The van der Waals surface area contributed by atoms with E-state index >= 15 is 0 Å². The maximum absolute atomic E-state index is 13.0. The second kappa shape index (κ2) is 8.93. The molecule has 1 saturated heterocycles. The number of rotatable bonds is 4. The lowest BCUT2D eigenvalue weighted by Crippen LogP contribution is -2.50. The Morgan fingerprint density at radius 2 is 1.69 bits per heavy atom. The summed E-state index contributed by atoms with van der Waals surface area (Å²) in [6.07, 6.45) is 0.708. The number of hydrogen-bond donors (Lipinski definition) is 0. The first-order valence-corrected chi connectivity index (χ1v) is 11.7. The molecule has 1 amide bonds. The monoisotopic (exact) mass is 481 g/mol. The zero-order valence-electron chi connectivity index (χ0n) is 16.9. The fraction of sp³-hybridized carbons (Fsp3) is 0.350. The van der Waals surface area contributed by atoms with E-state index in [1.54, 1.807) is 11.0 Å². The number of ether oxygens (including phenoxy) is 2. The van der Waals surface area contributed by atoms with Crippen LogP contribution in [0.15, 0.2) is 41.3 Å². The number of hydrogen-bond acceptors (Lipinski definition) is 7. The van der Waals surface area contributed by atoms with Crippen LogP contribution in [0.3, 0.4) is 0 Å². The molecule has 10 nitrogen and oxygen atoms in total. The number of nitro groups is 1. The predicted octanol–water partition coefficient (Wildman–Crippen LogP) is 2.56. The first kappa shape index (κ1) is 22.3. The minimum absolute atomic E-state index is 0.0300. The van der Waals surface area contributed by atoms with Crippen molar-refractivity contribution < 1.29 is 27.6 Å². The van der Waals surface area contributed by atoms with Gasteiger partial charge in [0.25, 0.3) is 11.6 Å². The molecule has 0 atom stereocenters. The van der Waals surface area contributed by atoms with Gasteiger partial charge in [-0.1, -0.05) is 11.6 Å². The van der Waals surface area contributed by atoms with E-state index in [1.165, 1.54) is 22.5 Å². The normalized spacial score (nSPS) is 17.0. The third kappa shape index (κ3) is 4.36. The number of sulfonamides is 1. The fourth-order valence-electron chi connectivity index (χ4n) is 3.56. The average molecular weight is 482 g/mol. The third-order valence-electron chi connectivity index (χ3n) is 5.26. The zero-order valence-corrected chi connectivity index (χ0v) is 18.5. The molecule has 0 radical (unpaired) electrons. The molecule has 0 N–H and O–H groups in total. The van der Waals surface area contributed by atoms with Gasteiger partial charge in [0.2, 0.25) is 10.0 Å². The molecule has 2 aromatic carbocycles. The Hall–Kier alpha value is -2.89. The van der Waals surface area contributed by atoms with Crippen LogP contribution in [0.1, 0.15) is 16.8 Å². The summed E-state index contributed by atoms with van der Waals surface area (Å²) in [6, 6.07) is 7.85. The molecule has 0 saturated carbocycles. The van der Waals surface area contributed by atoms with Crippen LogP contribution in [0, 0.1) is 10.1 Å². The topological polar surface area (TPSA) is 119 Å². The molecule has 170 valence electrons. The van der Waals surface area contributed by atoms with Gasteiger partial charge in [0.1, 0.15) is 0 Å². The van der Waals surface area contributed by atoms with Gasteiger partial charge in [0, 0.05) is 50.3 Å². The van der Waals surface area contributed by atoms with Gasteiger partial charge in [-0.3, -0.25) is 14.9 Å². The van der Waals surface area contributed by atoms with Gasteiger partial charge in [-0.05, 0) is 24.3 Å². The van der Waals surface area contributed by atoms with E-state index in [1.807, 2.05) is 0 Å². The Morgan fingerprint density at radius 3 is 2.34 bits per heavy atom. The summed E-state index contributed by atoms with van der Waals surface area (Å²) in [4.78, 5) is 24.7. The Kier molecular flexibility index (Phi) is 6.22. The largest absolute Gasteiger partial charge is 0.489 e. The van der Waals surface area contributed by atoms with Crippen LogP contribution in [-0.2, 0) is 10.0 Å². The molecular weight excluding hydrogens is 462 g/mol. The summed E-state index contributed by atoms with van der Waals surface area (Å²) in [5.41, 5.74) is 0.152. The third-order valence-corrected chi connectivity index (χ3v) is 7.45. The number of amides is 1. The Balaban J connectivity index is 1.45. The SMILES string of the molecule is O=C(c1cc(Cl)c2c(c1)OCCCO2)N1CCN(S(=O)(=O)c2ccc([N+](=O)[O-])cc2)CC1. The quantitative estimate of drug-likeness (QED) is 0.486. The molecule has 2 aliphatic rings. The van der Waals surface area contributed by atoms with Crippen molar-refractivity contribution in [3.8, 4) is 11.5 Å². The van der Waals surface area contributed by atoms with Crippen molar-refractivity contribution in [2.24, 2.45) is 0 Å². The minimum atomic E-state index is -3.83. The maximum atomic E-state index is 13.0. The fourth-order valence-corrected chi connectivity index (χ4v) is 5.24. The van der Waals surface area contributed by atoms with Crippen LogP contribution in [-0.4, -0.2) is 67.8 Å². The molecule has 0 bridgehead atoms. The number of carbonyl (C=O) groups excluding carboxylic acids is 1. The van der Waals surface area contributed by atoms with Crippen LogP contribution in [0.4, 0.5) is 5.69 Å². The lowest BCUT2D eigenvalue weighted by Gasteiger charge is -2.34. The lowest BCUT2D eigenvalue weighted by molar-refractivity contribution is -0.384. The van der Waals surface area contributed by atoms with Crippen molar-refractivity contribution >= 4 is 33.2 Å². The Morgan fingerprint density at radius 1 is 1.03 bits per heavy atom. The zero-order chi connectivity index (χ0) is 22.9. The highest BCUT2D eigenvalue weighted by Gasteiger charge is 2.31. The molecule has 2 aromatic rings. The van der Waals surface area contributed by atoms with Crippen LogP contribution in [0.2, 0.25) is 5.02 Å². The highest BCUT2D eigenvalue weighted by Crippen LogP contribution is 2.38. The number of non-ortho nitro benzene ring substituents is 1. The first-order valence-electron chi connectivity index (χ1n) is 9.90. The number of benzene rings is 2. The molecule has 32 heavy (non-hydrogen) atoms. The molecule has 2 heterocycles. The molecule has 0 aromatic heterocycles. The van der Waals surface area contributed by atoms with Gasteiger partial charge in [-0.25, -0.2) is 8.42 Å². The second-order valence-corrected chi connectivity index (χ2v) is 9.63. The number of carbonyl (C=O) groups is 1. The maximum Gasteiger partial charge on any atom is 0.269 e. The minimum Gasteiger partial charge on any atom is -0.489 e. The van der Waals surface area contributed by atoms with Crippen LogP contribution in [0.5, 0.6) is 11.5 Å². The van der Waals surface area contributed by atoms with Crippen molar-refractivity contribution in [3.63, 3.8) is 0 Å². The van der Waals surface area contributed by atoms with Gasteiger partial charge in [0.15, 0.2) is 11.5 Å². The lowest BCUT2D eigenvalue weighted by atomic mass is 10.1. The van der Waals surface area contributed by atoms with Crippen molar-refractivity contribution in [2.45, 2.75) is 11.3 Å². The summed E-state index contributed by atoms with van der Waals surface area (Å²) in [5, 5.41) is 11.1. The van der Waals surface area contributed by atoms with Gasteiger partial charge in [-0.15, -0.1) is 0 Å². The second-order valence-electron chi connectivity index (χ2n) is 7.28. The Labute approximate surface area is 189 Å². The van der Waals surface area contributed by atoms with Crippen LogP contribution < -0.4 is 9.47 Å². The van der Waals surface area contributed by atoms with E-state index in [4.69, 9.17) is 21.1 Å². The van der Waals surface area contributed by atoms with E-state index in [2.05, 4.69) is 0 Å². The predicted molar refractivity (Wildman–Crippen MR) is 115 cm³/mol. The molecule has 2 aliphatic heterocycles. The van der Waals surface area contributed by atoms with E-state index in [0.717, 1.165) is 12.1 Å². The molecule has 0 spiro atoms. The first-order chi connectivity index (χ1) is 15.3. The summed E-state index contributed by atoms with van der Waals surface area (Å²) < 4.78 is 38.2. The van der Waals surface area contributed by atoms with Crippen molar-refractivity contribution in [1.82, 2.24) is 9.21 Å². The molecule has 12 heteroatoms. The van der Waals surface area contributed by atoms with Crippen molar-refractivity contribution in [2.75, 3.05) is 39.4 Å². The molecule has 0 unspecified atom stereocenters. The van der Waals surface area contributed by atoms with Gasteiger partial charge in [-0.2, -0.15) is 4.31 Å². The summed E-state index contributed by atoms with van der Waals surface area (Å²) >= 11 is 6.28. The number of halogens is 1. The number of nitro benzene ring substituents is 1. The van der Waals surface area contributed by atoms with Crippen molar-refractivity contribution in [1.29, 1.82) is 0 Å². The number of piperazine rings is 1. The van der Waals surface area contributed by atoms with Gasteiger partial charge < -0.3 is 14.4 Å². The van der Waals surface area contributed by atoms with Crippen LogP contribution >= 0.6 is 11.6 Å². The standard InChI is InChI=1S/C20H20ClN3O7S/c21-17-12-14(13-18-19(17)31-11-1-10-30-18)20(25)22-6-8-23(9-7-22)32(28,29)16-4-2-15(3-5-16)24(26)27/h2-5,12-13H,1,6-11H2. The summed E-state index contributed by atoms with van der Waals surface area (Å²) in [7, 11) is -3.83.